The number of fused-ring (bicyclic) bond motifs is 1. The van der Waals surface area contributed by atoms with E-state index >= 15 is 0 Å². The quantitative estimate of drug-likeness (QED) is 0.302. The largest absolute Gasteiger partial charge is 0.531 e. The minimum atomic E-state index is -2.93. The van der Waals surface area contributed by atoms with Gasteiger partial charge in [-0.15, -0.1) is 0 Å². The smallest absolute Gasteiger partial charge is 0.320 e. The average molecular weight is 639 g/mol. The molecule has 3 aromatic carbocycles. The van der Waals surface area contributed by atoms with Crippen molar-refractivity contribution >= 4 is 18.7 Å². The molecule has 3 aliphatic carbocycles. The van der Waals surface area contributed by atoms with E-state index in [0.717, 1.165) is 47.8 Å². The van der Waals surface area contributed by atoms with Crippen molar-refractivity contribution in [3.05, 3.63) is 83.9 Å². The van der Waals surface area contributed by atoms with E-state index in [4.69, 9.17) is 18.6 Å². The van der Waals surface area contributed by atoms with Gasteiger partial charge in [0.1, 0.15) is 17.4 Å². The highest BCUT2D eigenvalue weighted by atomic mass is 28.4. The zero-order valence-corrected chi connectivity index (χ0v) is 28.8. The fourth-order valence-electron chi connectivity index (χ4n) is 10.8. The van der Waals surface area contributed by atoms with Crippen LogP contribution in [0.1, 0.15) is 64.0 Å². The predicted octanol–water partition coefficient (Wildman–Crippen LogP) is 5.08. The highest BCUT2D eigenvalue weighted by molar-refractivity contribution is 7.00. The van der Waals surface area contributed by atoms with Crippen LogP contribution in [0, 0.1) is 5.92 Å². The second-order valence-corrected chi connectivity index (χ2v) is 20.6. The zero-order chi connectivity index (χ0) is 31.6. The Hall–Kier alpha value is -2.68. The number of hydrogen-bond donors (Lipinski definition) is 1. The maximum absolute atomic E-state index is 13.3. The lowest BCUT2D eigenvalue weighted by atomic mass is 9.47. The second kappa shape index (κ2) is 9.70. The van der Waals surface area contributed by atoms with Gasteiger partial charge in [-0.05, 0) is 46.3 Å². The molecule has 4 fully saturated rings. The van der Waals surface area contributed by atoms with Gasteiger partial charge in [0.05, 0.1) is 38.8 Å². The van der Waals surface area contributed by atoms with E-state index in [2.05, 4.69) is 101 Å². The van der Waals surface area contributed by atoms with Crippen molar-refractivity contribution in [2.45, 2.75) is 93.3 Å². The molecule has 9 rings (SSSR count). The summed E-state index contributed by atoms with van der Waals surface area (Å²) >= 11 is 0. The minimum Gasteiger partial charge on any atom is -0.531 e. The molecule has 1 N–H and O–H groups in total. The molecule has 2 bridgehead atoms. The number of ether oxygens (including phenoxy) is 3. The Bertz CT molecular complexity index is 1630. The van der Waals surface area contributed by atoms with Crippen LogP contribution in [-0.2, 0) is 21.3 Å². The van der Waals surface area contributed by atoms with Gasteiger partial charge in [-0.1, -0.05) is 87.5 Å². The number of rotatable bonds is 6. The standard InChI is InChI=1S/C39H48NO5Si/c1-36(2,3)46(29-11-7-5-8-12-29,30-13-9-6-10-14-30)45-31-18-17-28-25-32-38(41)19-20-39(42-23-24-43-39)35-37(38,33(28)34(31)44-35)21-22-40(32,4)26-27-15-16-27/h5-14,17-18,27,32,35,41H,15-16,19-26H2,1-4H3/q+1/t32?,35?,37?,38-,40-/m1/s1. The van der Waals surface area contributed by atoms with E-state index in [1.165, 1.54) is 34.3 Å². The summed E-state index contributed by atoms with van der Waals surface area (Å²) in [5.41, 5.74) is 0.961. The van der Waals surface area contributed by atoms with Gasteiger partial charge >= 0.3 is 8.32 Å². The van der Waals surface area contributed by atoms with E-state index in [9.17, 15) is 5.11 Å². The molecule has 7 heteroatoms. The Morgan fingerprint density at radius 3 is 2.15 bits per heavy atom. The van der Waals surface area contributed by atoms with E-state index in [0.29, 0.717) is 26.1 Å². The van der Waals surface area contributed by atoms with E-state index < -0.39 is 31.2 Å². The molecule has 2 spiro atoms. The van der Waals surface area contributed by atoms with Crippen molar-refractivity contribution in [3.63, 3.8) is 0 Å². The minimum absolute atomic E-state index is 0.119. The highest BCUT2D eigenvalue weighted by Gasteiger charge is 2.80. The van der Waals surface area contributed by atoms with Crippen molar-refractivity contribution < 1.29 is 28.2 Å². The molecule has 0 radical (unpaired) electrons. The van der Waals surface area contributed by atoms with Gasteiger partial charge in [0.2, 0.25) is 5.79 Å². The monoisotopic (exact) mass is 638 g/mol. The summed E-state index contributed by atoms with van der Waals surface area (Å²) in [7, 11) is -0.519. The number of quaternary nitrogens is 1. The first-order valence-corrected chi connectivity index (χ1v) is 19.4. The Morgan fingerprint density at radius 2 is 1.54 bits per heavy atom. The summed E-state index contributed by atoms with van der Waals surface area (Å²) in [6, 6.07) is 26.2. The molecule has 6 nitrogen and oxygen atoms in total. The molecule has 3 aromatic rings. The average Bonchev–Trinajstić information content (AvgIpc) is 3.58. The highest BCUT2D eigenvalue weighted by Crippen LogP contribution is 2.69. The van der Waals surface area contributed by atoms with Crippen LogP contribution in [0.15, 0.2) is 72.8 Å². The van der Waals surface area contributed by atoms with Crippen LogP contribution < -0.4 is 19.5 Å². The summed E-state index contributed by atoms with van der Waals surface area (Å²) in [4.78, 5) is 0. The third kappa shape index (κ3) is 3.72. The van der Waals surface area contributed by atoms with Gasteiger partial charge in [-0.2, -0.15) is 0 Å². The normalized spacial score (nSPS) is 33.8. The molecule has 6 aliphatic rings. The second-order valence-electron chi connectivity index (χ2n) is 16.4. The maximum Gasteiger partial charge on any atom is 0.320 e. The van der Waals surface area contributed by atoms with Crippen LogP contribution in [0.3, 0.4) is 0 Å². The van der Waals surface area contributed by atoms with Crippen molar-refractivity contribution in [3.8, 4) is 11.5 Å². The molecule has 2 saturated heterocycles. The van der Waals surface area contributed by atoms with Crippen molar-refractivity contribution in [1.82, 2.24) is 0 Å². The Kier molecular flexibility index (Phi) is 6.21. The molecule has 0 amide bonds. The van der Waals surface area contributed by atoms with E-state index in [-0.39, 0.29) is 11.1 Å². The Balaban J connectivity index is 1.25. The number of likely N-dealkylation sites (tertiary alicyclic amines) is 1. The molecule has 5 atom stereocenters. The SMILES string of the molecule is CC(C)(C)[Si](Oc1ccc2c3c1OC1C4(CC[C@@]5(O)C(C2)[N@@+](C)(CC2CC2)CCC315)OCCO4)(c1ccccc1)c1ccccc1. The number of piperidine rings is 1. The molecule has 46 heavy (non-hydrogen) atoms. The molecule has 3 aliphatic heterocycles. The van der Waals surface area contributed by atoms with Crippen molar-refractivity contribution in [2.24, 2.45) is 5.92 Å². The fraction of sp³-hybridized carbons (Fsp3) is 0.538. The van der Waals surface area contributed by atoms with Crippen LogP contribution in [0.2, 0.25) is 5.04 Å². The number of nitrogens with zero attached hydrogens (tertiary/aromatic N) is 1. The molecule has 3 unspecified atom stereocenters. The topological polar surface area (TPSA) is 57.2 Å². The number of benzene rings is 3. The zero-order valence-electron chi connectivity index (χ0n) is 27.8. The first-order valence-electron chi connectivity index (χ1n) is 17.5. The third-order valence-electron chi connectivity index (χ3n) is 12.9. The van der Waals surface area contributed by atoms with Crippen LogP contribution in [0.25, 0.3) is 0 Å². The van der Waals surface area contributed by atoms with Gasteiger partial charge in [0.15, 0.2) is 11.9 Å². The Morgan fingerprint density at radius 1 is 0.891 bits per heavy atom. The molecule has 0 aromatic heterocycles. The van der Waals surface area contributed by atoms with Gasteiger partial charge in [-0.3, -0.25) is 0 Å². The van der Waals surface area contributed by atoms with Crippen molar-refractivity contribution in [1.29, 1.82) is 0 Å². The fourth-order valence-corrected chi connectivity index (χ4v) is 15.2. The predicted molar refractivity (Wildman–Crippen MR) is 180 cm³/mol. The van der Waals surface area contributed by atoms with E-state index in [1.807, 2.05) is 0 Å². The van der Waals surface area contributed by atoms with Crippen LogP contribution in [-0.4, -0.2) is 74.8 Å². The van der Waals surface area contributed by atoms with Crippen LogP contribution in [0.4, 0.5) is 0 Å². The lowest BCUT2D eigenvalue weighted by molar-refractivity contribution is -0.951. The number of likely N-dealkylation sites (N-methyl/N-ethyl adjacent to an activating group) is 1. The van der Waals surface area contributed by atoms with Gasteiger partial charge in [0.25, 0.3) is 0 Å². The van der Waals surface area contributed by atoms with Crippen molar-refractivity contribution in [2.75, 3.05) is 33.4 Å². The molecule has 2 saturated carbocycles. The van der Waals surface area contributed by atoms with Crippen LogP contribution in [0.5, 0.6) is 11.5 Å². The lowest BCUT2D eigenvalue weighted by Gasteiger charge is -2.66. The van der Waals surface area contributed by atoms with Gasteiger partial charge < -0.3 is 28.2 Å². The summed E-state index contributed by atoms with van der Waals surface area (Å²) in [6.45, 7) is 10.2. The molecular weight excluding hydrogens is 591 g/mol. The maximum atomic E-state index is 13.3. The van der Waals surface area contributed by atoms with Gasteiger partial charge in [-0.25, -0.2) is 0 Å². The number of aliphatic hydroxyl groups is 1. The number of hydrogen-bond acceptors (Lipinski definition) is 5. The molecule has 3 heterocycles. The summed E-state index contributed by atoms with van der Waals surface area (Å²) in [5.74, 6) is 1.53. The first-order chi connectivity index (χ1) is 22.1. The van der Waals surface area contributed by atoms with Crippen LogP contribution >= 0.6 is 0 Å². The Labute approximate surface area is 274 Å². The third-order valence-corrected chi connectivity index (χ3v) is 17.9. The lowest BCUT2D eigenvalue weighted by Crippen LogP contribution is -2.82. The summed E-state index contributed by atoms with van der Waals surface area (Å²) in [5, 5.41) is 15.6. The molecule has 242 valence electrons. The summed E-state index contributed by atoms with van der Waals surface area (Å²) < 4.78 is 29.0. The summed E-state index contributed by atoms with van der Waals surface area (Å²) in [6.07, 6.45) is 5.24. The van der Waals surface area contributed by atoms with E-state index in [1.54, 1.807) is 0 Å². The van der Waals surface area contributed by atoms with Gasteiger partial charge in [0, 0.05) is 30.7 Å². The molecular formula is C39H48NO5Si+. The first kappa shape index (κ1) is 29.5.